The highest BCUT2D eigenvalue weighted by atomic mass is 32.2. The van der Waals surface area contributed by atoms with Gasteiger partial charge in [-0.25, -0.2) is 0 Å². The molecule has 2 fully saturated rings. The quantitative estimate of drug-likeness (QED) is 0.524. The highest BCUT2D eigenvalue weighted by Gasteiger charge is 2.33. The van der Waals surface area contributed by atoms with Gasteiger partial charge in [-0.15, -0.1) is 0 Å². The predicted octanol–water partition coefficient (Wildman–Crippen LogP) is 4.33. The molecule has 2 aliphatic heterocycles. The largest absolute Gasteiger partial charge is 0.494 e. The van der Waals surface area contributed by atoms with Crippen LogP contribution in [0.5, 0.6) is 5.75 Å². The van der Waals surface area contributed by atoms with Crippen LogP contribution in [0.2, 0.25) is 0 Å². The summed E-state index contributed by atoms with van der Waals surface area (Å²) in [7, 11) is 0. The summed E-state index contributed by atoms with van der Waals surface area (Å²) < 4.78 is 11.4. The number of amides is 1. The molecule has 150 valence electrons. The van der Waals surface area contributed by atoms with E-state index in [-0.39, 0.29) is 5.91 Å². The topological polar surface area (TPSA) is 42.0 Å². The molecule has 0 aromatic heterocycles. The minimum Gasteiger partial charge on any atom is -0.494 e. The van der Waals surface area contributed by atoms with Gasteiger partial charge in [0.25, 0.3) is 5.91 Å². The number of morpholine rings is 1. The fraction of sp³-hybridized carbons (Fsp3) is 0.273. The minimum atomic E-state index is -0.0959. The second kappa shape index (κ2) is 8.98. The number of nitrogens with zero attached hydrogens (tertiary/aromatic N) is 2. The maximum absolute atomic E-state index is 12.9. The van der Waals surface area contributed by atoms with E-state index < -0.39 is 0 Å². The number of anilines is 2. The summed E-state index contributed by atoms with van der Waals surface area (Å²) in [4.78, 5) is 17.4. The lowest BCUT2D eigenvalue weighted by Gasteiger charge is -2.28. The molecule has 0 unspecified atom stereocenters. The van der Waals surface area contributed by atoms with Gasteiger partial charge in [0.2, 0.25) is 0 Å². The molecule has 2 aromatic rings. The number of hydrogen-bond donors (Lipinski definition) is 0. The average molecular weight is 427 g/mol. The van der Waals surface area contributed by atoms with E-state index in [0.717, 1.165) is 43.3 Å². The number of thioether (sulfide) groups is 1. The molecule has 29 heavy (non-hydrogen) atoms. The van der Waals surface area contributed by atoms with Crippen molar-refractivity contribution in [1.29, 1.82) is 0 Å². The van der Waals surface area contributed by atoms with E-state index in [4.69, 9.17) is 21.7 Å². The van der Waals surface area contributed by atoms with Crippen LogP contribution >= 0.6 is 24.0 Å². The van der Waals surface area contributed by atoms with Crippen LogP contribution in [0.15, 0.2) is 53.4 Å². The fourth-order valence-corrected chi connectivity index (χ4v) is 4.60. The lowest BCUT2D eigenvalue weighted by Crippen LogP contribution is -2.36. The van der Waals surface area contributed by atoms with Gasteiger partial charge >= 0.3 is 0 Å². The Morgan fingerprint density at radius 2 is 1.72 bits per heavy atom. The van der Waals surface area contributed by atoms with Crippen molar-refractivity contribution < 1.29 is 14.3 Å². The Bertz CT molecular complexity index is 920. The van der Waals surface area contributed by atoms with Gasteiger partial charge in [0.15, 0.2) is 4.32 Å². The minimum absolute atomic E-state index is 0.0959. The molecule has 0 spiro atoms. The van der Waals surface area contributed by atoms with Crippen molar-refractivity contribution in [3.63, 3.8) is 0 Å². The number of benzene rings is 2. The third-order valence-electron chi connectivity index (χ3n) is 4.77. The van der Waals surface area contributed by atoms with Gasteiger partial charge in [-0.1, -0.05) is 36.1 Å². The van der Waals surface area contributed by atoms with Gasteiger partial charge in [-0.2, -0.15) is 0 Å². The van der Waals surface area contributed by atoms with Crippen LogP contribution in [0.4, 0.5) is 11.4 Å². The van der Waals surface area contributed by atoms with Crippen LogP contribution < -0.4 is 14.5 Å². The molecular weight excluding hydrogens is 404 g/mol. The summed E-state index contributed by atoms with van der Waals surface area (Å²) in [5, 5.41) is 0. The summed E-state index contributed by atoms with van der Waals surface area (Å²) in [5.74, 6) is 0.680. The summed E-state index contributed by atoms with van der Waals surface area (Å²) in [6, 6.07) is 15.7. The van der Waals surface area contributed by atoms with Crippen LogP contribution in [-0.2, 0) is 9.53 Å². The van der Waals surface area contributed by atoms with Crippen molar-refractivity contribution in [2.24, 2.45) is 0 Å². The molecule has 0 radical (unpaired) electrons. The summed E-state index contributed by atoms with van der Waals surface area (Å²) in [5.41, 5.74) is 2.91. The summed E-state index contributed by atoms with van der Waals surface area (Å²) in [6.45, 7) is 5.87. The number of carbonyl (C=O) groups is 1. The molecular formula is C22H22N2O3S2. The van der Waals surface area contributed by atoms with E-state index in [1.54, 1.807) is 4.90 Å². The van der Waals surface area contributed by atoms with E-state index in [9.17, 15) is 4.79 Å². The van der Waals surface area contributed by atoms with Gasteiger partial charge in [0, 0.05) is 18.8 Å². The van der Waals surface area contributed by atoms with E-state index in [0.29, 0.717) is 15.8 Å². The SMILES string of the molecule is CCOc1ccc(N2C(=O)/C(=C\c3ccc(N4CCOCC4)cc3)SC2=S)cc1. The van der Waals surface area contributed by atoms with Gasteiger partial charge in [-0.3, -0.25) is 9.69 Å². The van der Waals surface area contributed by atoms with E-state index in [1.807, 2.05) is 49.4 Å². The Labute approximate surface area is 180 Å². The zero-order valence-electron chi connectivity index (χ0n) is 16.2. The summed E-state index contributed by atoms with van der Waals surface area (Å²) >= 11 is 6.79. The first-order chi connectivity index (χ1) is 14.2. The van der Waals surface area contributed by atoms with Crippen molar-refractivity contribution in [2.45, 2.75) is 6.92 Å². The van der Waals surface area contributed by atoms with Crippen molar-refractivity contribution in [3.8, 4) is 5.75 Å². The molecule has 2 aromatic carbocycles. The van der Waals surface area contributed by atoms with E-state index in [1.165, 1.54) is 17.4 Å². The zero-order valence-corrected chi connectivity index (χ0v) is 17.8. The number of thiocarbonyl (C=S) groups is 1. The number of rotatable bonds is 5. The Morgan fingerprint density at radius 3 is 2.38 bits per heavy atom. The van der Waals surface area contributed by atoms with E-state index >= 15 is 0 Å². The second-order valence-corrected chi connectivity index (χ2v) is 8.31. The first-order valence-corrected chi connectivity index (χ1v) is 10.8. The second-order valence-electron chi connectivity index (χ2n) is 6.63. The zero-order chi connectivity index (χ0) is 20.2. The van der Waals surface area contributed by atoms with E-state index in [2.05, 4.69) is 17.0 Å². The number of hydrogen-bond acceptors (Lipinski definition) is 6. The third-order valence-corrected chi connectivity index (χ3v) is 6.07. The Morgan fingerprint density at radius 1 is 1.07 bits per heavy atom. The molecule has 2 saturated heterocycles. The monoisotopic (exact) mass is 426 g/mol. The highest BCUT2D eigenvalue weighted by Crippen LogP contribution is 2.36. The molecule has 0 atom stereocenters. The molecule has 0 bridgehead atoms. The molecule has 2 aliphatic rings. The van der Waals surface area contributed by atoms with Crippen LogP contribution in [0, 0.1) is 0 Å². The Balaban J connectivity index is 1.49. The first-order valence-electron chi connectivity index (χ1n) is 9.59. The molecule has 5 nitrogen and oxygen atoms in total. The van der Waals surface area contributed by atoms with Crippen molar-refractivity contribution in [3.05, 3.63) is 59.0 Å². The third kappa shape index (κ3) is 4.47. The standard InChI is InChI=1S/C22H22N2O3S2/c1-2-27-19-9-7-18(8-10-19)24-21(25)20(29-22(24)28)15-16-3-5-17(6-4-16)23-11-13-26-14-12-23/h3-10,15H,2,11-14H2,1H3/b20-15+. The molecule has 4 rings (SSSR count). The van der Waals surface area contributed by atoms with Crippen LogP contribution in [0.3, 0.4) is 0 Å². The number of carbonyl (C=O) groups excluding carboxylic acids is 1. The van der Waals surface area contributed by atoms with Crippen molar-refractivity contribution in [2.75, 3.05) is 42.7 Å². The fourth-order valence-electron chi connectivity index (χ4n) is 3.30. The molecule has 2 heterocycles. The van der Waals surface area contributed by atoms with Gasteiger partial charge in [0.05, 0.1) is 30.4 Å². The van der Waals surface area contributed by atoms with Gasteiger partial charge < -0.3 is 14.4 Å². The molecule has 1 amide bonds. The first kappa shape index (κ1) is 19.9. The van der Waals surface area contributed by atoms with Gasteiger partial charge in [0.1, 0.15) is 5.75 Å². The molecule has 7 heteroatoms. The van der Waals surface area contributed by atoms with Crippen molar-refractivity contribution >= 4 is 51.7 Å². The predicted molar refractivity (Wildman–Crippen MR) is 123 cm³/mol. The maximum Gasteiger partial charge on any atom is 0.270 e. The van der Waals surface area contributed by atoms with Crippen molar-refractivity contribution in [1.82, 2.24) is 0 Å². The Hall–Kier alpha value is -2.35. The average Bonchev–Trinajstić information content (AvgIpc) is 3.03. The lowest BCUT2D eigenvalue weighted by molar-refractivity contribution is -0.113. The smallest absolute Gasteiger partial charge is 0.270 e. The van der Waals surface area contributed by atoms with Gasteiger partial charge in [-0.05, 0) is 55.0 Å². The Kier molecular flexibility index (Phi) is 6.18. The van der Waals surface area contributed by atoms with Crippen LogP contribution in [0.25, 0.3) is 6.08 Å². The van der Waals surface area contributed by atoms with Crippen LogP contribution in [-0.4, -0.2) is 43.1 Å². The summed E-state index contributed by atoms with van der Waals surface area (Å²) in [6.07, 6.45) is 1.90. The number of ether oxygens (including phenoxy) is 2. The molecule has 0 aliphatic carbocycles. The molecule has 0 N–H and O–H groups in total. The lowest BCUT2D eigenvalue weighted by atomic mass is 10.1. The normalized spacial score (nSPS) is 18.6. The maximum atomic E-state index is 12.9. The molecule has 0 saturated carbocycles. The van der Waals surface area contributed by atoms with Crippen LogP contribution in [0.1, 0.15) is 12.5 Å². The highest BCUT2D eigenvalue weighted by molar-refractivity contribution is 8.27.